The molecular weight excluding hydrogens is 272 g/mol. The molecule has 0 spiro atoms. The average Bonchev–Trinajstić information content (AvgIpc) is 2.53. The molecule has 2 aliphatic rings. The van der Waals surface area contributed by atoms with Crippen LogP contribution in [0.25, 0.3) is 0 Å². The molecule has 1 aromatic carbocycles. The van der Waals surface area contributed by atoms with Gasteiger partial charge in [0.15, 0.2) is 0 Å². The second-order valence-corrected chi connectivity index (χ2v) is 7.33. The van der Waals surface area contributed by atoms with E-state index in [2.05, 4.69) is 44.2 Å². The van der Waals surface area contributed by atoms with E-state index in [1.165, 1.54) is 57.5 Å². The Labute approximate surface area is 135 Å². The summed E-state index contributed by atoms with van der Waals surface area (Å²) in [5.41, 5.74) is 1.48. The van der Waals surface area contributed by atoms with Crippen molar-refractivity contribution in [2.24, 2.45) is 0 Å². The van der Waals surface area contributed by atoms with Crippen molar-refractivity contribution < 1.29 is 14.5 Å². The van der Waals surface area contributed by atoms with Crippen LogP contribution >= 0.6 is 0 Å². The van der Waals surface area contributed by atoms with Crippen molar-refractivity contribution in [3.05, 3.63) is 35.9 Å². The summed E-state index contributed by atoms with van der Waals surface area (Å²) in [7, 11) is 0. The summed E-state index contributed by atoms with van der Waals surface area (Å²) in [4.78, 5) is 3.60. The summed E-state index contributed by atoms with van der Waals surface area (Å²) in [5.74, 6) is 0. The molecule has 2 saturated heterocycles. The summed E-state index contributed by atoms with van der Waals surface area (Å²) < 4.78 is 5.89. The minimum Gasteiger partial charge on any atom is -0.364 e. The maximum atomic E-state index is 5.89. The summed E-state index contributed by atoms with van der Waals surface area (Å²) in [5, 5.41) is 0. The molecule has 3 heteroatoms. The lowest BCUT2D eigenvalue weighted by Crippen LogP contribution is -3.22. The third-order valence-corrected chi connectivity index (χ3v) is 5.44. The van der Waals surface area contributed by atoms with Crippen molar-refractivity contribution in [3.63, 3.8) is 0 Å². The number of nitrogens with one attached hydrogen (secondary N) is 2. The molecule has 22 heavy (non-hydrogen) atoms. The van der Waals surface area contributed by atoms with Crippen molar-refractivity contribution in [1.82, 2.24) is 0 Å². The standard InChI is InChI=1S/C19H30N2O/c1-16-14-21(15-17(2)22-16)19-9-12-20(13-10-19)11-8-18-6-4-3-5-7-18/h3-7,16-17,19H,8-15H2,1-2H3/p+2/t16-,17-/m1/s1. The fraction of sp³-hybridized carbons (Fsp3) is 0.684. The van der Waals surface area contributed by atoms with Crippen LogP contribution in [0.3, 0.4) is 0 Å². The lowest BCUT2D eigenvalue weighted by Gasteiger charge is -2.39. The first-order chi connectivity index (χ1) is 10.7. The molecule has 122 valence electrons. The predicted octanol–water partition coefficient (Wildman–Crippen LogP) is -0.0315. The number of morpholine rings is 1. The Kier molecular flexibility index (Phi) is 5.51. The second kappa shape index (κ2) is 7.58. The minimum atomic E-state index is 0.433. The molecule has 3 nitrogen and oxygen atoms in total. The van der Waals surface area contributed by atoms with Gasteiger partial charge in [-0.05, 0) is 19.4 Å². The van der Waals surface area contributed by atoms with Crippen LogP contribution < -0.4 is 9.80 Å². The first-order valence-electron chi connectivity index (χ1n) is 9.08. The summed E-state index contributed by atoms with van der Waals surface area (Å²) in [6.07, 6.45) is 4.86. The summed E-state index contributed by atoms with van der Waals surface area (Å²) in [6, 6.07) is 11.8. The average molecular weight is 304 g/mol. The van der Waals surface area contributed by atoms with Gasteiger partial charge >= 0.3 is 0 Å². The molecule has 1 aromatic rings. The largest absolute Gasteiger partial charge is 0.364 e. The zero-order valence-electron chi connectivity index (χ0n) is 14.2. The number of hydrogen-bond donors (Lipinski definition) is 2. The number of ether oxygens (including phenoxy) is 1. The van der Waals surface area contributed by atoms with Crippen LogP contribution in [0.5, 0.6) is 0 Å². The highest BCUT2D eigenvalue weighted by atomic mass is 16.5. The lowest BCUT2D eigenvalue weighted by atomic mass is 10.0. The Bertz CT molecular complexity index is 432. The number of piperidine rings is 1. The Morgan fingerprint density at radius 2 is 1.64 bits per heavy atom. The highest BCUT2D eigenvalue weighted by Gasteiger charge is 2.34. The molecule has 0 bridgehead atoms. The first-order valence-corrected chi connectivity index (χ1v) is 9.08. The molecule has 3 rings (SSSR count). The Balaban J connectivity index is 1.42. The lowest BCUT2D eigenvalue weighted by molar-refractivity contribution is -0.966. The number of hydrogen-bond acceptors (Lipinski definition) is 1. The Hall–Kier alpha value is -0.900. The molecule has 0 radical (unpaired) electrons. The van der Waals surface area contributed by atoms with Crippen molar-refractivity contribution >= 4 is 0 Å². The van der Waals surface area contributed by atoms with Gasteiger partial charge in [0.25, 0.3) is 0 Å². The molecule has 0 aromatic heterocycles. The third kappa shape index (κ3) is 4.31. The SMILES string of the molecule is C[C@@H]1C[NH+](C2CC[NH+](CCc3ccccc3)CC2)C[C@@H](C)O1. The number of likely N-dealkylation sites (tertiary alicyclic amines) is 1. The highest BCUT2D eigenvalue weighted by molar-refractivity contribution is 5.14. The van der Waals surface area contributed by atoms with Crippen molar-refractivity contribution in [3.8, 4) is 0 Å². The molecule has 2 N–H and O–H groups in total. The molecular formula is C19H32N2O+2. The minimum absolute atomic E-state index is 0.433. The van der Waals surface area contributed by atoms with Gasteiger partial charge in [-0.25, -0.2) is 0 Å². The molecule has 2 fully saturated rings. The quantitative estimate of drug-likeness (QED) is 0.799. The maximum absolute atomic E-state index is 5.89. The number of quaternary nitrogens is 2. The van der Waals surface area contributed by atoms with Gasteiger partial charge in [-0.2, -0.15) is 0 Å². The van der Waals surface area contributed by atoms with E-state index in [9.17, 15) is 0 Å². The molecule has 2 atom stereocenters. The molecule has 0 amide bonds. The van der Waals surface area contributed by atoms with Gasteiger partial charge in [0.05, 0.1) is 25.7 Å². The Morgan fingerprint density at radius 3 is 2.27 bits per heavy atom. The second-order valence-electron chi connectivity index (χ2n) is 7.33. The van der Waals surface area contributed by atoms with Gasteiger partial charge in [-0.15, -0.1) is 0 Å². The van der Waals surface area contributed by atoms with Crippen LogP contribution in [0.1, 0.15) is 32.3 Å². The topological polar surface area (TPSA) is 18.1 Å². The smallest absolute Gasteiger partial charge is 0.104 e. The normalized spacial score (nSPS) is 36.2. The van der Waals surface area contributed by atoms with Gasteiger partial charge in [0, 0.05) is 19.3 Å². The predicted molar refractivity (Wildman–Crippen MR) is 89.4 cm³/mol. The van der Waals surface area contributed by atoms with Crippen molar-refractivity contribution in [2.45, 2.75) is 51.4 Å². The van der Waals surface area contributed by atoms with Crippen LogP contribution in [-0.4, -0.2) is 51.0 Å². The maximum Gasteiger partial charge on any atom is 0.104 e. The number of rotatable bonds is 4. The third-order valence-electron chi connectivity index (χ3n) is 5.44. The zero-order chi connectivity index (χ0) is 15.4. The number of benzene rings is 1. The van der Waals surface area contributed by atoms with E-state index in [1.807, 2.05) is 0 Å². The van der Waals surface area contributed by atoms with E-state index in [-0.39, 0.29) is 0 Å². The molecule has 0 aliphatic carbocycles. The van der Waals surface area contributed by atoms with Crippen LogP contribution in [0.15, 0.2) is 30.3 Å². The van der Waals surface area contributed by atoms with Gasteiger partial charge in [0.2, 0.25) is 0 Å². The van der Waals surface area contributed by atoms with Gasteiger partial charge in [-0.3, -0.25) is 0 Å². The highest BCUT2D eigenvalue weighted by Crippen LogP contribution is 2.03. The van der Waals surface area contributed by atoms with Crippen LogP contribution in [0.2, 0.25) is 0 Å². The fourth-order valence-corrected chi connectivity index (χ4v) is 4.30. The molecule has 2 heterocycles. The summed E-state index contributed by atoms with van der Waals surface area (Å²) in [6.45, 7) is 10.9. The van der Waals surface area contributed by atoms with E-state index >= 15 is 0 Å². The monoisotopic (exact) mass is 304 g/mol. The fourth-order valence-electron chi connectivity index (χ4n) is 4.30. The van der Waals surface area contributed by atoms with E-state index in [0.29, 0.717) is 12.2 Å². The van der Waals surface area contributed by atoms with Crippen LogP contribution in [0, 0.1) is 0 Å². The van der Waals surface area contributed by atoms with E-state index in [0.717, 1.165) is 6.04 Å². The first kappa shape index (κ1) is 16.0. The van der Waals surface area contributed by atoms with E-state index in [1.54, 1.807) is 9.80 Å². The van der Waals surface area contributed by atoms with Gasteiger partial charge in [0.1, 0.15) is 25.3 Å². The van der Waals surface area contributed by atoms with Crippen molar-refractivity contribution in [1.29, 1.82) is 0 Å². The molecule has 2 aliphatic heterocycles. The van der Waals surface area contributed by atoms with Gasteiger partial charge < -0.3 is 14.5 Å². The zero-order valence-corrected chi connectivity index (χ0v) is 14.2. The Morgan fingerprint density at radius 1 is 1.00 bits per heavy atom. The van der Waals surface area contributed by atoms with Gasteiger partial charge in [-0.1, -0.05) is 30.3 Å². The van der Waals surface area contributed by atoms with Crippen LogP contribution in [0.4, 0.5) is 0 Å². The van der Waals surface area contributed by atoms with Crippen molar-refractivity contribution in [2.75, 3.05) is 32.7 Å². The van der Waals surface area contributed by atoms with Crippen LogP contribution in [-0.2, 0) is 11.2 Å². The summed E-state index contributed by atoms with van der Waals surface area (Å²) >= 11 is 0. The molecule has 0 unspecified atom stereocenters. The molecule has 0 saturated carbocycles. The van der Waals surface area contributed by atoms with E-state index in [4.69, 9.17) is 4.74 Å². The van der Waals surface area contributed by atoms with E-state index < -0.39 is 0 Å².